The first-order valence-corrected chi connectivity index (χ1v) is 11.3. The Hall–Kier alpha value is -4.82. The van der Waals surface area contributed by atoms with E-state index in [4.69, 9.17) is 17.6 Å². The molecule has 4 rings (SSSR count). The van der Waals surface area contributed by atoms with Gasteiger partial charge in [-0.05, 0) is 52.2 Å². The Bertz CT molecular complexity index is 1690. The van der Waals surface area contributed by atoms with Crippen LogP contribution in [0.4, 0.5) is 0 Å². The van der Waals surface area contributed by atoms with Crippen LogP contribution >= 0.6 is 0 Å². The molecule has 3 aromatic carbocycles. The first kappa shape index (κ1) is 24.3. The highest BCUT2D eigenvalue weighted by Gasteiger charge is 2.21. The van der Waals surface area contributed by atoms with Crippen LogP contribution in [0.15, 0.2) is 69.0 Å². The van der Waals surface area contributed by atoms with Crippen molar-refractivity contribution in [1.82, 2.24) is 13.7 Å². The number of hydrogen-bond donors (Lipinski definition) is 0. The van der Waals surface area contributed by atoms with Crippen molar-refractivity contribution in [3.05, 3.63) is 91.6 Å². The lowest BCUT2D eigenvalue weighted by Crippen LogP contribution is -2.55. The molecule has 0 aliphatic heterocycles. The average molecular weight is 482 g/mol. The molecule has 1 heterocycles. The number of carbonyl (C=O) groups is 1. The molecule has 0 aliphatic rings. The van der Waals surface area contributed by atoms with Crippen LogP contribution in [0.1, 0.15) is 23.7 Å². The molecule has 0 N–H and O–H groups in total. The number of nitrogens with zero attached hydrogens (tertiary/aromatic N) is 3. The third kappa shape index (κ3) is 4.57. The van der Waals surface area contributed by atoms with Crippen molar-refractivity contribution in [1.29, 1.82) is 0 Å². The maximum absolute atomic E-state index is 13.0. The number of rotatable bonds is 7. The summed E-state index contributed by atoms with van der Waals surface area (Å²) in [6, 6.07) is 17.3. The largest absolute Gasteiger partial charge is 0.457 e. The molecular weight excluding hydrogens is 458 g/mol. The number of aromatic nitrogens is 3. The minimum atomic E-state index is -0.886. The molecule has 0 spiro atoms. The smallest absolute Gasteiger partial charge is 0.338 e. The van der Waals surface area contributed by atoms with E-state index < -0.39 is 29.1 Å². The van der Waals surface area contributed by atoms with Crippen LogP contribution in [0.5, 0.6) is 0 Å². The number of fused-ring (bicyclic) bond motifs is 2. The summed E-state index contributed by atoms with van der Waals surface area (Å²) in [4.78, 5) is 51.1. The lowest BCUT2D eigenvalue weighted by atomic mass is 10.0. The number of hydrogen-bond acceptors (Lipinski definition) is 5. The van der Waals surface area contributed by atoms with Gasteiger partial charge in [-0.15, -0.1) is 12.8 Å². The summed E-state index contributed by atoms with van der Waals surface area (Å²) in [6.45, 7) is 0.843. The quantitative estimate of drug-likeness (QED) is 0.230. The van der Waals surface area contributed by atoms with E-state index in [0.717, 1.165) is 35.2 Å². The van der Waals surface area contributed by atoms with Crippen molar-refractivity contribution in [3.8, 4) is 24.7 Å². The lowest BCUT2D eigenvalue weighted by molar-refractivity contribution is 0.0242. The van der Waals surface area contributed by atoms with Crippen molar-refractivity contribution in [2.75, 3.05) is 0 Å². The van der Waals surface area contributed by atoms with Crippen LogP contribution in [0.25, 0.3) is 21.5 Å². The number of benzene rings is 3. The lowest BCUT2D eigenvalue weighted by Gasteiger charge is -2.18. The molecule has 1 aromatic heterocycles. The van der Waals surface area contributed by atoms with Crippen molar-refractivity contribution >= 4 is 27.5 Å². The van der Waals surface area contributed by atoms with E-state index in [1.165, 1.54) is 0 Å². The van der Waals surface area contributed by atoms with Gasteiger partial charge in [0.25, 0.3) is 0 Å². The molecule has 8 nitrogen and oxygen atoms in total. The number of ether oxygens (including phenoxy) is 1. The Morgan fingerprint density at radius 3 is 1.89 bits per heavy atom. The fraction of sp³-hybridized carbons (Fsp3) is 0.214. The number of carbonyl (C=O) groups excluding carboxylic acids is 1. The highest BCUT2D eigenvalue weighted by molar-refractivity contribution is 6.01. The summed E-state index contributed by atoms with van der Waals surface area (Å²) in [6.07, 6.45) is 10.1. The summed E-state index contributed by atoms with van der Waals surface area (Å²) in [5.41, 5.74) is -2.32. The Balaban J connectivity index is 1.65. The van der Waals surface area contributed by atoms with Crippen molar-refractivity contribution in [2.45, 2.75) is 39.1 Å². The van der Waals surface area contributed by atoms with Crippen LogP contribution in [-0.2, 0) is 24.4 Å². The summed E-state index contributed by atoms with van der Waals surface area (Å²) < 4.78 is 7.98. The van der Waals surface area contributed by atoms with E-state index in [1.807, 2.05) is 42.5 Å². The van der Waals surface area contributed by atoms with Crippen LogP contribution in [0.3, 0.4) is 0 Å². The SMILES string of the molecule is C#CCn1c(=O)n(CC#C)c(=O)n(CC(CC)OC(=O)c2ccc3cc4ccccc4cc3c2)c1=O. The maximum atomic E-state index is 13.0. The molecular formula is C28H23N3O5. The highest BCUT2D eigenvalue weighted by Crippen LogP contribution is 2.24. The average Bonchev–Trinajstić information content (AvgIpc) is 2.89. The van der Waals surface area contributed by atoms with Gasteiger partial charge in [0, 0.05) is 0 Å². The van der Waals surface area contributed by atoms with Crippen LogP contribution in [-0.4, -0.2) is 25.8 Å². The Morgan fingerprint density at radius 1 is 0.806 bits per heavy atom. The maximum Gasteiger partial charge on any atom is 0.338 e. The van der Waals surface area contributed by atoms with Gasteiger partial charge in [-0.25, -0.2) is 32.9 Å². The molecule has 180 valence electrons. The van der Waals surface area contributed by atoms with Gasteiger partial charge >= 0.3 is 23.0 Å². The Morgan fingerprint density at radius 2 is 1.33 bits per heavy atom. The van der Waals surface area contributed by atoms with Gasteiger partial charge in [0.2, 0.25) is 0 Å². The van der Waals surface area contributed by atoms with Gasteiger partial charge in [0.1, 0.15) is 6.10 Å². The van der Waals surface area contributed by atoms with E-state index >= 15 is 0 Å². The van der Waals surface area contributed by atoms with Gasteiger partial charge in [-0.2, -0.15) is 0 Å². The molecule has 0 saturated heterocycles. The van der Waals surface area contributed by atoms with Crippen LogP contribution in [0, 0.1) is 24.7 Å². The van der Waals surface area contributed by atoms with Gasteiger partial charge in [-0.1, -0.05) is 49.1 Å². The van der Waals surface area contributed by atoms with Crippen LogP contribution in [0.2, 0.25) is 0 Å². The molecule has 0 fully saturated rings. The first-order valence-electron chi connectivity index (χ1n) is 11.3. The second-order valence-corrected chi connectivity index (χ2v) is 8.24. The van der Waals surface area contributed by atoms with E-state index in [-0.39, 0.29) is 19.6 Å². The highest BCUT2D eigenvalue weighted by atomic mass is 16.5. The molecule has 0 saturated carbocycles. The zero-order chi connectivity index (χ0) is 25.8. The summed E-state index contributed by atoms with van der Waals surface area (Å²) in [5.74, 6) is 3.86. The van der Waals surface area contributed by atoms with Gasteiger partial charge < -0.3 is 4.74 Å². The zero-order valence-corrected chi connectivity index (χ0v) is 19.6. The third-order valence-corrected chi connectivity index (χ3v) is 5.94. The molecule has 1 unspecified atom stereocenters. The zero-order valence-electron chi connectivity index (χ0n) is 19.6. The Labute approximate surface area is 206 Å². The van der Waals surface area contributed by atoms with Gasteiger partial charge in [0.15, 0.2) is 0 Å². The fourth-order valence-electron chi connectivity index (χ4n) is 4.03. The van der Waals surface area contributed by atoms with E-state index in [9.17, 15) is 19.2 Å². The third-order valence-electron chi connectivity index (χ3n) is 5.94. The van der Waals surface area contributed by atoms with Crippen LogP contribution < -0.4 is 17.1 Å². The van der Waals surface area contributed by atoms with Crippen molar-refractivity contribution in [2.24, 2.45) is 0 Å². The molecule has 0 amide bonds. The van der Waals surface area contributed by atoms with E-state index in [0.29, 0.717) is 12.0 Å². The summed E-state index contributed by atoms with van der Waals surface area (Å²) in [5, 5.41) is 4.00. The van der Waals surface area contributed by atoms with Gasteiger partial charge in [-0.3, -0.25) is 0 Å². The predicted molar refractivity (Wildman–Crippen MR) is 138 cm³/mol. The second kappa shape index (κ2) is 10.2. The number of terminal acetylenes is 2. The topological polar surface area (TPSA) is 92.3 Å². The minimum absolute atomic E-state index is 0.256. The van der Waals surface area contributed by atoms with Crippen molar-refractivity contribution < 1.29 is 9.53 Å². The number of esters is 1. The predicted octanol–water partition coefficient (Wildman–Crippen LogP) is 2.38. The fourth-order valence-corrected chi connectivity index (χ4v) is 4.03. The summed E-state index contributed by atoms with van der Waals surface area (Å²) >= 11 is 0. The van der Waals surface area contributed by atoms with E-state index in [1.54, 1.807) is 19.1 Å². The van der Waals surface area contributed by atoms with Crippen molar-refractivity contribution in [3.63, 3.8) is 0 Å². The van der Waals surface area contributed by atoms with E-state index in [2.05, 4.69) is 11.8 Å². The first-order chi connectivity index (χ1) is 17.4. The Kier molecular flexibility index (Phi) is 6.89. The molecule has 36 heavy (non-hydrogen) atoms. The standard InChI is InChI=1S/C28H23N3O5/c1-4-13-29-26(33)30(14-5-2)28(35)31(27(29)34)18-24(6-3)36-25(32)22-12-11-21-15-19-9-7-8-10-20(19)16-23(21)17-22/h1-2,7-12,15-17,24H,6,13-14,18H2,3H3. The molecule has 0 radical (unpaired) electrons. The molecule has 0 bridgehead atoms. The monoisotopic (exact) mass is 481 g/mol. The molecule has 0 aliphatic carbocycles. The second-order valence-electron chi connectivity index (χ2n) is 8.24. The minimum Gasteiger partial charge on any atom is -0.457 e. The molecule has 8 heteroatoms. The van der Waals surface area contributed by atoms with Gasteiger partial charge in [0.05, 0.1) is 25.2 Å². The molecule has 1 atom stereocenters. The normalized spacial score (nSPS) is 11.6. The molecule has 4 aromatic rings. The summed E-state index contributed by atoms with van der Waals surface area (Å²) in [7, 11) is 0.